The first kappa shape index (κ1) is 20.7. The lowest BCUT2D eigenvalue weighted by Gasteiger charge is -2.35. The number of aryl methyl sites for hydroxylation is 1. The lowest BCUT2D eigenvalue weighted by Crippen LogP contribution is -2.55. The van der Waals surface area contributed by atoms with Crippen molar-refractivity contribution in [1.82, 2.24) is 20.0 Å². The van der Waals surface area contributed by atoms with E-state index >= 15 is 0 Å². The van der Waals surface area contributed by atoms with Gasteiger partial charge >= 0.3 is 0 Å². The third kappa shape index (κ3) is 4.47. The number of fused-ring (bicyclic) bond motifs is 1. The van der Waals surface area contributed by atoms with Crippen molar-refractivity contribution in [3.63, 3.8) is 0 Å². The molecule has 4 rings (SSSR count). The number of anilines is 2. The molecule has 0 spiro atoms. The van der Waals surface area contributed by atoms with Crippen LogP contribution in [-0.4, -0.2) is 78.8 Å². The number of ether oxygens (including phenoxy) is 1. The fraction of sp³-hybridized carbons (Fsp3) is 0.429. The van der Waals surface area contributed by atoms with Crippen LogP contribution in [0, 0.1) is 0 Å². The van der Waals surface area contributed by atoms with Crippen molar-refractivity contribution in [2.24, 2.45) is 12.0 Å². The van der Waals surface area contributed by atoms with Crippen molar-refractivity contribution in [3.05, 3.63) is 36.7 Å². The number of hydrogen-bond donors (Lipinski definition) is 1. The fourth-order valence-corrected chi connectivity index (χ4v) is 3.84. The minimum Gasteiger partial charge on any atom is -0.482 e. The maximum Gasteiger partial charge on any atom is 0.265 e. The molecule has 31 heavy (non-hydrogen) atoms. The summed E-state index contributed by atoms with van der Waals surface area (Å²) in [6, 6.07) is 7.56. The molecule has 1 aromatic carbocycles. The quantitative estimate of drug-likeness (QED) is 0.425. The minimum atomic E-state index is -0.0415. The van der Waals surface area contributed by atoms with E-state index < -0.39 is 0 Å². The molecule has 2 aromatic rings. The molecular weight excluding hydrogens is 398 g/mol. The van der Waals surface area contributed by atoms with Gasteiger partial charge in [-0.1, -0.05) is 12.1 Å². The summed E-state index contributed by atoms with van der Waals surface area (Å²) in [6.07, 6.45) is 4.28. The van der Waals surface area contributed by atoms with Crippen molar-refractivity contribution in [2.75, 3.05) is 56.2 Å². The number of aromatic nitrogens is 2. The summed E-state index contributed by atoms with van der Waals surface area (Å²) in [7, 11) is 3.54. The third-order valence-electron chi connectivity index (χ3n) is 5.38. The highest BCUT2D eigenvalue weighted by Crippen LogP contribution is 2.31. The predicted octanol–water partition coefficient (Wildman–Crippen LogP) is 0.460. The smallest absolute Gasteiger partial charge is 0.265 e. The van der Waals surface area contributed by atoms with Gasteiger partial charge in [-0.15, -0.1) is 0 Å². The normalized spacial score (nSPS) is 17.0. The van der Waals surface area contributed by atoms with E-state index in [2.05, 4.69) is 15.4 Å². The molecule has 0 saturated carbocycles. The van der Waals surface area contributed by atoms with E-state index in [1.165, 1.54) is 0 Å². The molecule has 0 atom stereocenters. The number of hydrogen-bond acceptors (Lipinski definition) is 5. The van der Waals surface area contributed by atoms with Crippen molar-refractivity contribution in [2.45, 2.75) is 6.42 Å². The molecule has 1 N–H and O–H groups in total. The van der Waals surface area contributed by atoms with Gasteiger partial charge in [-0.3, -0.25) is 19.3 Å². The number of nitrogens with zero attached hydrogens (tertiary/aromatic N) is 6. The molecule has 10 heteroatoms. The van der Waals surface area contributed by atoms with Crippen molar-refractivity contribution in [3.8, 4) is 5.75 Å². The molecule has 1 aromatic heterocycles. The Bertz CT molecular complexity index is 987. The van der Waals surface area contributed by atoms with Gasteiger partial charge in [0.25, 0.3) is 5.91 Å². The highest BCUT2D eigenvalue weighted by molar-refractivity contribution is 5.98. The Hall–Kier alpha value is -3.56. The number of carbonyl (C=O) groups excluding carboxylic acids is 2. The van der Waals surface area contributed by atoms with Crippen LogP contribution in [-0.2, 0) is 16.6 Å². The molecule has 2 amide bonds. The van der Waals surface area contributed by atoms with Crippen LogP contribution in [0.1, 0.15) is 6.42 Å². The highest BCUT2D eigenvalue weighted by atomic mass is 16.5. The Balaban J connectivity index is 1.28. The lowest BCUT2D eigenvalue weighted by molar-refractivity contribution is -0.121. The Morgan fingerprint density at radius 2 is 2.06 bits per heavy atom. The Labute approximate surface area is 181 Å². The Morgan fingerprint density at radius 3 is 2.81 bits per heavy atom. The molecule has 0 unspecified atom stereocenters. The summed E-state index contributed by atoms with van der Waals surface area (Å²) in [5.41, 5.74) is 1.62. The second kappa shape index (κ2) is 9.07. The maximum atomic E-state index is 12.6. The van der Waals surface area contributed by atoms with Gasteiger partial charge in [0.2, 0.25) is 5.91 Å². The zero-order chi connectivity index (χ0) is 21.8. The molecule has 2 aliphatic heterocycles. The van der Waals surface area contributed by atoms with E-state index in [0.29, 0.717) is 32.1 Å². The number of guanidine groups is 1. The van der Waals surface area contributed by atoms with Gasteiger partial charge in [0.05, 0.1) is 17.6 Å². The van der Waals surface area contributed by atoms with Crippen LogP contribution in [0.15, 0.2) is 41.7 Å². The van der Waals surface area contributed by atoms with Crippen LogP contribution < -0.4 is 19.9 Å². The van der Waals surface area contributed by atoms with Gasteiger partial charge in [-0.2, -0.15) is 5.10 Å². The number of amides is 2. The molecule has 0 aliphatic carbocycles. The monoisotopic (exact) mass is 425 g/mol. The third-order valence-corrected chi connectivity index (χ3v) is 5.38. The predicted molar refractivity (Wildman–Crippen MR) is 117 cm³/mol. The van der Waals surface area contributed by atoms with Crippen LogP contribution >= 0.6 is 0 Å². The van der Waals surface area contributed by atoms with Crippen molar-refractivity contribution < 1.29 is 14.3 Å². The van der Waals surface area contributed by atoms with Crippen LogP contribution in [0.3, 0.4) is 0 Å². The lowest BCUT2D eigenvalue weighted by atomic mass is 10.2. The summed E-state index contributed by atoms with van der Waals surface area (Å²) >= 11 is 0. The molecule has 10 nitrogen and oxygen atoms in total. The topological polar surface area (TPSA) is 95.3 Å². The molecular formula is C21H27N7O3. The maximum absolute atomic E-state index is 12.6. The first-order valence-electron chi connectivity index (χ1n) is 10.3. The standard InChI is InChI=1S/C21H27N7O3/c1-22-21(26-10-11-27(19(29)14-26)16-12-24-25(2)13-16)23-8-5-9-28-17-6-3-4-7-18(17)31-15-20(28)30/h3-4,6-7,12-13H,5,8-11,14-15H2,1-2H3,(H,22,23). The number of benzene rings is 1. The number of para-hydroxylation sites is 2. The molecule has 1 saturated heterocycles. The molecule has 0 radical (unpaired) electrons. The van der Waals surface area contributed by atoms with E-state index in [1.54, 1.807) is 27.7 Å². The van der Waals surface area contributed by atoms with Crippen LogP contribution in [0.2, 0.25) is 0 Å². The average Bonchev–Trinajstić information content (AvgIpc) is 3.21. The highest BCUT2D eigenvalue weighted by Gasteiger charge is 2.28. The van der Waals surface area contributed by atoms with Gasteiger partial charge in [0, 0.05) is 46.5 Å². The van der Waals surface area contributed by atoms with Crippen LogP contribution in [0.4, 0.5) is 11.4 Å². The largest absolute Gasteiger partial charge is 0.482 e. The van der Waals surface area contributed by atoms with Gasteiger partial charge < -0.3 is 24.8 Å². The summed E-state index contributed by atoms with van der Waals surface area (Å²) in [5, 5.41) is 7.46. The molecule has 1 fully saturated rings. The first-order chi connectivity index (χ1) is 15.1. The molecule has 3 heterocycles. The van der Waals surface area contributed by atoms with Crippen LogP contribution in [0.5, 0.6) is 5.75 Å². The average molecular weight is 425 g/mol. The first-order valence-corrected chi connectivity index (χ1v) is 10.3. The number of piperazine rings is 1. The summed E-state index contributed by atoms with van der Waals surface area (Å²) in [6.45, 7) is 2.78. The van der Waals surface area contributed by atoms with Gasteiger partial charge in [-0.05, 0) is 18.6 Å². The van der Waals surface area contributed by atoms with E-state index in [0.717, 1.165) is 23.5 Å². The van der Waals surface area contributed by atoms with Crippen molar-refractivity contribution in [1.29, 1.82) is 0 Å². The summed E-state index contributed by atoms with van der Waals surface area (Å²) in [4.78, 5) is 34.7. The zero-order valence-electron chi connectivity index (χ0n) is 17.8. The molecule has 164 valence electrons. The second-order valence-electron chi connectivity index (χ2n) is 7.47. The van der Waals surface area contributed by atoms with Gasteiger partial charge in [0.1, 0.15) is 12.3 Å². The number of nitrogens with one attached hydrogen (secondary N) is 1. The number of rotatable bonds is 5. The zero-order valence-corrected chi connectivity index (χ0v) is 17.8. The minimum absolute atomic E-state index is 0.0118. The molecule has 2 aliphatic rings. The van der Waals surface area contributed by atoms with E-state index in [9.17, 15) is 9.59 Å². The Kier molecular flexibility index (Phi) is 6.06. The van der Waals surface area contributed by atoms with Gasteiger partial charge in [0.15, 0.2) is 12.6 Å². The Morgan fingerprint density at radius 1 is 1.23 bits per heavy atom. The number of carbonyl (C=O) groups is 2. The van der Waals surface area contributed by atoms with E-state index in [1.807, 2.05) is 42.4 Å². The SMILES string of the molecule is CN=C(NCCCN1C(=O)COc2ccccc21)N1CCN(c2cnn(C)c2)C(=O)C1. The second-order valence-corrected chi connectivity index (χ2v) is 7.47. The number of aliphatic imine (C=N–C) groups is 1. The fourth-order valence-electron chi connectivity index (χ4n) is 3.84. The van der Waals surface area contributed by atoms with Gasteiger partial charge in [-0.25, -0.2) is 0 Å². The van der Waals surface area contributed by atoms with E-state index in [4.69, 9.17) is 4.74 Å². The van der Waals surface area contributed by atoms with Crippen molar-refractivity contribution >= 4 is 29.1 Å². The van der Waals surface area contributed by atoms with E-state index in [-0.39, 0.29) is 25.0 Å². The summed E-state index contributed by atoms with van der Waals surface area (Å²) in [5.74, 6) is 1.39. The summed E-state index contributed by atoms with van der Waals surface area (Å²) < 4.78 is 7.17. The molecule has 0 bridgehead atoms. The van der Waals surface area contributed by atoms with Crippen LogP contribution in [0.25, 0.3) is 0 Å².